The summed E-state index contributed by atoms with van der Waals surface area (Å²) >= 11 is 0. The Morgan fingerprint density at radius 2 is 0.367 bits per heavy atom. The van der Waals surface area contributed by atoms with Gasteiger partial charge in [0, 0.05) is 224 Å². The molecule has 0 saturated carbocycles. The SMILES string of the molecule is CCCCN(c1nc(N(CCCCC(CCCN(C(C)=O)c2nc(N(CCCC)C3CC(C)(C)N(C(C)=O)C(C)(C)C3)nc(N(CCCC)C3CC(C)(C)N(C(C)=O)C(C)(C)C3)n2)CN(C(C)=O)c2nc(N(CCCC)C3CC(C)(C)N(C(C)=O)C(C)(C)C3)nc(N(CCCC)C3CC(C)(C)N(C(C)=O)C(C)(C)C3)n2)C(C)=O)nc(N(CCCC)C2CC(C)(C)N(C(C)=O)C(C)(C)C2)n1)C1CC(C)(C)N(C(C)=O)C(C)(C)C1. The molecule has 9 rings (SSSR count). The first kappa shape index (κ1) is 122. The fraction of sp³-hybridized carbons (Fsp3) is 0.842. The number of nitrogens with zero attached hydrogens (tertiary/aromatic N) is 24. The van der Waals surface area contributed by atoms with E-state index >= 15 is 14.4 Å². The Balaban J connectivity index is 1.26. The summed E-state index contributed by atoms with van der Waals surface area (Å²) in [5.41, 5.74) is -6.79. The van der Waals surface area contributed by atoms with Crippen LogP contribution in [0, 0.1) is 5.92 Å². The van der Waals surface area contributed by atoms with Crippen LogP contribution in [0.3, 0.4) is 0 Å². The fourth-order valence-corrected chi connectivity index (χ4v) is 29.6. The predicted octanol–water partition coefficient (Wildman–Crippen LogP) is 20.3. The van der Waals surface area contributed by atoms with Gasteiger partial charge in [-0.1, -0.05) is 86.5 Å². The molecule has 0 bridgehead atoms. The van der Waals surface area contributed by atoms with Crippen molar-refractivity contribution < 1.29 is 43.2 Å². The third-order valence-electron chi connectivity index (χ3n) is 33.0. The number of unbranched alkanes of at least 4 members (excludes halogenated alkanes) is 7. The van der Waals surface area contributed by atoms with Gasteiger partial charge < -0.3 is 58.8 Å². The van der Waals surface area contributed by atoms with Crippen molar-refractivity contribution in [1.29, 1.82) is 0 Å². The Hall–Kier alpha value is -8.94. The number of amides is 9. The number of carbonyl (C=O) groups excluding carboxylic acids is 9. The molecule has 33 nitrogen and oxygen atoms in total. The molecule has 9 amide bonds. The van der Waals surface area contributed by atoms with E-state index in [0.717, 1.165) is 77.0 Å². The van der Waals surface area contributed by atoms with E-state index < -0.39 is 66.5 Å². The number of hydrogen-bond donors (Lipinski definition) is 0. The van der Waals surface area contributed by atoms with Gasteiger partial charge in [0.2, 0.25) is 107 Å². The van der Waals surface area contributed by atoms with Crippen LogP contribution in [0.25, 0.3) is 0 Å². The molecule has 0 radical (unpaired) electrons. The summed E-state index contributed by atoms with van der Waals surface area (Å²) < 4.78 is 0. The summed E-state index contributed by atoms with van der Waals surface area (Å²) in [6.45, 7) is 83.5. The van der Waals surface area contributed by atoms with Crippen molar-refractivity contribution in [2.75, 3.05) is 103 Å². The molecule has 9 heterocycles. The van der Waals surface area contributed by atoms with E-state index in [-0.39, 0.29) is 133 Å². The van der Waals surface area contributed by atoms with Gasteiger partial charge in [-0.3, -0.25) is 57.9 Å². The van der Waals surface area contributed by atoms with Gasteiger partial charge in [0.15, 0.2) is 0 Å². The minimum atomic E-state index is -0.582. The maximum absolute atomic E-state index is 15.8. The zero-order valence-electron chi connectivity index (χ0n) is 99.3. The minimum Gasteiger partial charge on any atom is -0.337 e. The van der Waals surface area contributed by atoms with Crippen molar-refractivity contribution in [2.24, 2.45) is 5.92 Å². The second kappa shape index (κ2) is 47.9. The molecule has 0 aromatic carbocycles. The molecule has 1 atom stereocenters. The molecule has 0 N–H and O–H groups in total. The molecule has 6 aliphatic rings. The van der Waals surface area contributed by atoms with E-state index in [1.165, 1.54) is 0 Å². The third kappa shape index (κ3) is 28.5. The first-order valence-electron chi connectivity index (χ1n) is 56.6. The van der Waals surface area contributed by atoms with Crippen LogP contribution >= 0.6 is 0 Å². The Bertz CT molecular complexity index is 4660. The van der Waals surface area contributed by atoms with Gasteiger partial charge in [0.1, 0.15) is 0 Å². The molecule has 33 heteroatoms. The molecule has 3 aromatic rings. The third-order valence-corrected chi connectivity index (χ3v) is 33.0. The Morgan fingerprint density at radius 1 is 0.218 bits per heavy atom. The standard InChI is InChI=1S/C114H200N24O9/c1-40-46-57-126(88-65-103(16,17)133(81(10)142)104(18,19)66-88)96-115-94(116-97(119-96)127(58-47-41-2)89-67-105(20,21)134(82(11)143)106(22,23)68-89)124(78(7)139)63-53-52-55-87(77-132(80(9)141)102-122-100(130(61-50-44-5)92-73-111(32,33)137(85(14)146)112(34,35)74-92)121-101(123-102)131(62-51-45-6)93-75-113(36,37)138(86(15)147)114(38,39)76-93)56-54-64-125(79(8)140)95-117-98(128(59-48-42-3)90-69-107(24,25)135(83(12)144)108(26,27)70-90)120-99(118-95)129(60-49-43-4)91-71-109(28,29)136(84(13)145)110(30,31)72-91/h87-93H,40-77H2,1-39H3. The molecule has 1 unspecified atom stereocenters. The molecule has 0 spiro atoms. The number of carbonyl (C=O) groups is 9. The Morgan fingerprint density at radius 3 is 0.524 bits per heavy atom. The molecule has 6 saturated heterocycles. The summed E-state index contributed by atoms with van der Waals surface area (Å²) in [6, 6.07) is -0.835. The Labute approximate surface area is 887 Å². The van der Waals surface area contributed by atoms with Gasteiger partial charge in [0.05, 0.1) is 0 Å². The van der Waals surface area contributed by atoms with Gasteiger partial charge in [-0.2, -0.15) is 44.9 Å². The van der Waals surface area contributed by atoms with E-state index in [4.69, 9.17) is 44.9 Å². The van der Waals surface area contributed by atoms with E-state index in [1.807, 2.05) is 29.4 Å². The van der Waals surface area contributed by atoms with E-state index in [9.17, 15) is 28.8 Å². The van der Waals surface area contributed by atoms with E-state index in [0.29, 0.717) is 184 Å². The first-order chi connectivity index (χ1) is 68.0. The van der Waals surface area contributed by atoms with Crippen molar-refractivity contribution in [3.05, 3.63) is 0 Å². The maximum Gasteiger partial charge on any atom is 0.238 e. The molecule has 3 aromatic heterocycles. The molecule has 147 heavy (non-hydrogen) atoms. The largest absolute Gasteiger partial charge is 0.337 e. The number of aromatic nitrogens is 9. The maximum atomic E-state index is 15.8. The second-order valence-corrected chi connectivity index (χ2v) is 52.2. The second-order valence-electron chi connectivity index (χ2n) is 52.2. The molecule has 830 valence electrons. The lowest BCUT2D eigenvalue weighted by atomic mass is 9.76. The first-order valence-corrected chi connectivity index (χ1v) is 56.6. The molecule has 6 aliphatic heterocycles. The molecule has 0 aliphatic carbocycles. The van der Waals surface area contributed by atoms with Gasteiger partial charge >= 0.3 is 0 Å². The zero-order chi connectivity index (χ0) is 110. The number of rotatable bonds is 44. The number of anilines is 9. The molecular weight excluding hydrogens is 1850 g/mol. The summed E-state index contributed by atoms with van der Waals surface area (Å²) in [6.07, 6.45) is 20.0. The highest BCUT2D eigenvalue weighted by molar-refractivity contribution is 5.91. The summed E-state index contributed by atoms with van der Waals surface area (Å²) in [5.74, 6) is 2.24. The van der Waals surface area contributed by atoms with Crippen molar-refractivity contribution in [1.82, 2.24) is 74.3 Å². The van der Waals surface area contributed by atoms with E-state index in [1.54, 1.807) is 77.0 Å². The van der Waals surface area contributed by atoms with Crippen molar-refractivity contribution in [3.63, 3.8) is 0 Å². The Kier molecular flexibility index (Phi) is 39.6. The van der Waals surface area contributed by atoms with Crippen LogP contribution in [0.1, 0.15) is 456 Å². The number of likely N-dealkylation sites (tertiary alicyclic amines) is 6. The number of piperidine rings is 6. The zero-order valence-corrected chi connectivity index (χ0v) is 99.3. The van der Waals surface area contributed by atoms with Crippen LogP contribution in [-0.4, -0.2) is 289 Å². The van der Waals surface area contributed by atoms with Crippen LogP contribution < -0.4 is 44.1 Å². The quantitative estimate of drug-likeness (QED) is 0.0475. The normalized spacial score (nSPS) is 20.7. The van der Waals surface area contributed by atoms with Crippen LogP contribution in [0.5, 0.6) is 0 Å². The average Bonchev–Trinajstić information content (AvgIpc) is 0.756. The minimum absolute atomic E-state index is 0.00432. The molecule has 6 fully saturated rings. The lowest BCUT2D eigenvalue weighted by Gasteiger charge is -2.57. The van der Waals surface area contributed by atoms with Crippen LogP contribution in [0.2, 0.25) is 0 Å². The lowest BCUT2D eigenvalue weighted by molar-refractivity contribution is -0.148. The van der Waals surface area contributed by atoms with Crippen LogP contribution in [0.4, 0.5) is 53.5 Å². The van der Waals surface area contributed by atoms with Gasteiger partial charge in [-0.15, -0.1) is 0 Å². The number of hydrogen-bond acceptors (Lipinski definition) is 24. The lowest BCUT2D eigenvalue weighted by Crippen LogP contribution is -2.66. The smallest absolute Gasteiger partial charge is 0.238 e. The average molecular weight is 2050 g/mol. The summed E-state index contributed by atoms with van der Waals surface area (Å²) in [4.78, 5) is 211. The van der Waals surface area contributed by atoms with Crippen LogP contribution in [0.15, 0.2) is 0 Å². The van der Waals surface area contributed by atoms with Gasteiger partial charge in [-0.25, -0.2) is 0 Å². The van der Waals surface area contributed by atoms with Gasteiger partial charge in [-0.05, 0) is 313 Å². The van der Waals surface area contributed by atoms with Crippen LogP contribution in [-0.2, 0) is 43.2 Å². The van der Waals surface area contributed by atoms with Crippen molar-refractivity contribution in [2.45, 2.75) is 559 Å². The highest BCUT2D eigenvalue weighted by Gasteiger charge is 2.57. The highest BCUT2D eigenvalue weighted by Crippen LogP contribution is 2.50. The monoisotopic (exact) mass is 2050 g/mol. The summed E-state index contributed by atoms with van der Waals surface area (Å²) in [5, 5.41) is 0. The fourth-order valence-electron chi connectivity index (χ4n) is 29.6. The van der Waals surface area contributed by atoms with E-state index in [2.05, 4.69) is 237 Å². The predicted molar refractivity (Wildman–Crippen MR) is 596 cm³/mol. The topological polar surface area (TPSA) is 318 Å². The van der Waals surface area contributed by atoms with Crippen molar-refractivity contribution in [3.8, 4) is 0 Å². The van der Waals surface area contributed by atoms with Crippen molar-refractivity contribution >= 4 is 107 Å². The van der Waals surface area contributed by atoms with Gasteiger partial charge in [0.25, 0.3) is 0 Å². The molecular formula is C114H200N24O9. The highest BCUT2D eigenvalue weighted by atomic mass is 16.2. The summed E-state index contributed by atoms with van der Waals surface area (Å²) in [7, 11) is 0.